The van der Waals surface area contributed by atoms with E-state index in [2.05, 4.69) is 0 Å². The van der Waals surface area contributed by atoms with Crippen molar-refractivity contribution in [3.8, 4) is 0 Å². The van der Waals surface area contributed by atoms with Gasteiger partial charge in [-0.25, -0.2) is 0 Å². The maximum absolute atomic E-state index is 12.3. The highest BCUT2D eigenvalue weighted by Gasteiger charge is 2.41. The van der Waals surface area contributed by atoms with Crippen molar-refractivity contribution >= 4 is 68.4 Å². The quantitative estimate of drug-likeness (QED) is 0.577. The normalized spacial score (nSPS) is 26.1. The van der Waals surface area contributed by atoms with Crippen LogP contribution in [0.25, 0.3) is 0 Å². The zero-order valence-electron chi connectivity index (χ0n) is 11.3. The minimum atomic E-state index is -0.395. The van der Waals surface area contributed by atoms with Gasteiger partial charge in [-0.3, -0.25) is 19.4 Å². The van der Waals surface area contributed by atoms with Gasteiger partial charge >= 0.3 is 0 Å². The first-order chi connectivity index (χ1) is 9.42. The lowest BCUT2D eigenvalue weighted by molar-refractivity contribution is -0.125. The lowest BCUT2D eigenvalue weighted by atomic mass is 10.1. The van der Waals surface area contributed by atoms with Gasteiger partial charge in [0.1, 0.15) is 13.9 Å². The molecule has 2 rings (SSSR count). The van der Waals surface area contributed by atoms with E-state index in [4.69, 9.17) is 24.4 Å². The van der Waals surface area contributed by atoms with E-state index in [0.717, 1.165) is 5.57 Å². The van der Waals surface area contributed by atoms with Gasteiger partial charge in [0.15, 0.2) is 0 Å². The minimum absolute atomic E-state index is 0.0400. The van der Waals surface area contributed by atoms with Crippen LogP contribution < -0.4 is 0 Å². The van der Waals surface area contributed by atoms with Crippen LogP contribution in [0.1, 0.15) is 20.8 Å². The van der Waals surface area contributed by atoms with Gasteiger partial charge in [0.05, 0.1) is 4.91 Å². The highest BCUT2D eigenvalue weighted by Crippen LogP contribution is 2.39. The van der Waals surface area contributed by atoms with E-state index >= 15 is 0 Å². The van der Waals surface area contributed by atoms with Gasteiger partial charge < -0.3 is 0 Å². The number of amides is 2. The molecule has 0 aromatic heterocycles. The number of thiocarbonyl (C=S) groups is 2. The van der Waals surface area contributed by atoms with Crippen molar-refractivity contribution in [1.82, 2.24) is 9.80 Å². The molecule has 0 saturated carbocycles. The summed E-state index contributed by atoms with van der Waals surface area (Å²) in [6, 6.07) is 0. The van der Waals surface area contributed by atoms with Crippen molar-refractivity contribution in [3.05, 3.63) is 10.5 Å². The molecule has 0 radical (unpaired) electrons. The third-order valence-corrected chi connectivity index (χ3v) is 6.45. The number of hydrogen-bond acceptors (Lipinski definition) is 6. The Labute approximate surface area is 137 Å². The van der Waals surface area contributed by atoms with Crippen molar-refractivity contribution in [2.45, 2.75) is 26.0 Å². The highest BCUT2D eigenvalue weighted by molar-refractivity contribution is 8.27. The maximum atomic E-state index is 12.3. The van der Waals surface area contributed by atoms with Crippen molar-refractivity contribution in [1.29, 1.82) is 0 Å². The lowest BCUT2D eigenvalue weighted by Gasteiger charge is -2.13. The largest absolute Gasteiger partial charge is 0.297 e. The molecule has 2 amide bonds. The lowest BCUT2D eigenvalue weighted by Crippen LogP contribution is -2.32. The van der Waals surface area contributed by atoms with Crippen molar-refractivity contribution in [2.75, 3.05) is 13.1 Å². The van der Waals surface area contributed by atoms with Gasteiger partial charge in [-0.05, 0) is 26.3 Å². The summed E-state index contributed by atoms with van der Waals surface area (Å²) in [6.45, 7) is 6.70. The van der Waals surface area contributed by atoms with Crippen molar-refractivity contribution < 1.29 is 9.59 Å². The van der Waals surface area contributed by atoms with Crippen LogP contribution in [-0.2, 0) is 9.59 Å². The van der Waals surface area contributed by atoms with Crippen LogP contribution in [0.3, 0.4) is 0 Å². The molecule has 4 nitrogen and oxygen atoms in total. The fourth-order valence-electron chi connectivity index (χ4n) is 2.04. The van der Waals surface area contributed by atoms with E-state index in [-0.39, 0.29) is 11.8 Å². The van der Waals surface area contributed by atoms with Crippen LogP contribution >= 0.6 is 48.0 Å². The second-order valence-electron chi connectivity index (χ2n) is 4.28. The SMILES string of the molecule is CCN1C(=O)C(=C(C)C2SC(=S)N(CC)C2=O)SC1=S. The molecule has 2 aliphatic heterocycles. The molecule has 2 fully saturated rings. The number of hydrogen-bond donors (Lipinski definition) is 0. The molecular formula is C12H14N2O2S4. The van der Waals surface area contributed by atoms with E-state index in [1.807, 2.05) is 20.8 Å². The number of rotatable bonds is 3. The van der Waals surface area contributed by atoms with Crippen LogP contribution in [0.15, 0.2) is 10.5 Å². The summed E-state index contributed by atoms with van der Waals surface area (Å²) < 4.78 is 1.13. The van der Waals surface area contributed by atoms with Crippen LogP contribution in [0, 0.1) is 0 Å². The number of carbonyl (C=O) groups excluding carboxylic acids is 2. The van der Waals surface area contributed by atoms with E-state index < -0.39 is 5.25 Å². The fourth-order valence-corrected chi connectivity index (χ4v) is 5.13. The van der Waals surface area contributed by atoms with Crippen LogP contribution in [0.5, 0.6) is 0 Å². The fraction of sp³-hybridized carbons (Fsp3) is 0.500. The number of likely N-dealkylation sites (N-methyl/N-ethyl adjacent to an activating group) is 1. The average Bonchev–Trinajstić information content (AvgIpc) is 2.85. The first-order valence-corrected chi connectivity index (χ1v) is 8.70. The molecule has 1 atom stereocenters. The monoisotopic (exact) mass is 346 g/mol. The molecule has 2 heterocycles. The number of nitrogens with zero attached hydrogens (tertiary/aromatic N) is 2. The number of thioether (sulfide) groups is 2. The predicted molar refractivity (Wildman–Crippen MR) is 91.6 cm³/mol. The Bertz CT molecular complexity index is 544. The second kappa shape index (κ2) is 6.13. The van der Waals surface area contributed by atoms with Gasteiger partial charge in [0, 0.05) is 13.1 Å². The van der Waals surface area contributed by atoms with Gasteiger partial charge in [0.2, 0.25) is 5.91 Å². The van der Waals surface area contributed by atoms with Gasteiger partial charge in [-0.1, -0.05) is 48.0 Å². The summed E-state index contributed by atoms with van der Waals surface area (Å²) in [6.07, 6.45) is 0. The minimum Gasteiger partial charge on any atom is -0.297 e. The molecule has 0 bridgehead atoms. The van der Waals surface area contributed by atoms with Gasteiger partial charge in [0.25, 0.3) is 5.91 Å². The molecule has 0 aromatic carbocycles. The number of carbonyl (C=O) groups is 2. The summed E-state index contributed by atoms with van der Waals surface area (Å²) in [5.74, 6) is -0.143. The molecule has 1 unspecified atom stereocenters. The van der Waals surface area contributed by atoms with E-state index in [9.17, 15) is 9.59 Å². The molecule has 20 heavy (non-hydrogen) atoms. The topological polar surface area (TPSA) is 40.6 Å². The molecular weight excluding hydrogens is 332 g/mol. The average molecular weight is 347 g/mol. The second-order valence-corrected chi connectivity index (χ2v) is 7.66. The molecule has 2 saturated heterocycles. The predicted octanol–water partition coefficient (Wildman–Crippen LogP) is 2.39. The molecule has 0 aromatic rings. The Morgan fingerprint density at radius 2 is 1.75 bits per heavy atom. The first-order valence-electron chi connectivity index (χ1n) is 6.18. The third-order valence-electron chi connectivity index (χ3n) is 3.16. The summed E-state index contributed by atoms with van der Waals surface area (Å²) >= 11 is 13.0. The van der Waals surface area contributed by atoms with E-state index in [1.54, 1.807) is 9.80 Å². The molecule has 8 heteroatoms. The van der Waals surface area contributed by atoms with E-state index in [0.29, 0.717) is 26.6 Å². The standard InChI is InChI=1S/C12H14N2O2S4/c1-4-13-9(15)7(19-11(13)17)6(3)8-10(16)14(5-2)12(18)20-8/h7H,4-5H2,1-3H3. The summed E-state index contributed by atoms with van der Waals surface area (Å²) in [5.41, 5.74) is 0.756. The molecule has 0 aliphatic carbocycles. The summed E-state index contributed by atoms with van der Waals surface area (Å²) in [4.78, 5) is 28.3. The molecule has 0 spiro atoms. The summed E-state index contributed by atoms with van der Waals surface area (Å²) in [7, 11) is 0. The zero-order chi connectivity index (χ0) is 15.0. The van der Waals surface area contributed by atoms with Gasteiger partial charge in [-0.15, -0.1) is 0 Å². The third kappa shape index (κ3) is 2.54. The highest BCUT2D eigenvalue weighted by atomic mass is 32.2. The van der Waals surface area contributed by atoms with Gasteiger partial charge in [-0.2, -0.15) is 0 Å². The molecule has 0 N–H and O–H groups in total. The Kier molecular flexibility index (Phi) is 4.88. The Balaban J connectivity index is 2.32. The Morgan fingerprint density at radius 1 is 1.15 bits per heavy atom. The molecule has 2 aliphatic rings. The Morgan fingerprint density at radius 3 is 2.20 bits per heavy atom. The Hall–Kier alpha value is -0.440. The zero-order valence-corrected chi connectivity index (χ0v) is 14.6. The van der Waals surface area contributed by atoms with Crippen molar-refractivity contribution in [2.24, 2.45) is 0 Å². The summed E-state index contributed by atoms with van der Waals surface area (Å²) in [5, 5.41) is -0.395. The maximum Gasteiger partial charge on any atom is 0.266 e. The smallest absolute Gasteiger partial charge is 0.266 e. The van der Waals surface area contributed by atoms with Crippen LogP contribution in [0.4, 0.5) is 0 Å². The first kappa shape index (κ1) is 15.9. The van der Waals surface area contributed by atoms with Crippen LogP contribution in [0.2, 0.25) is 0 Å². The van der Waals surface area contributed by atoms with Crippen LogP contribution in [-0.4, -0.2) is 48.6 Å². The van der Waals surface area contributed by atoms with Crippen molar-refractivity contribution in [3.63, 3.8) is 0 Å². The molecule has 108 valence electrons. The van der Waals surface area contributed by atoms with E-state index in [1.165, 1.54) is 23.5 Å².